The zero-order chi connectivity index (χ0) is 23.1. The van der Waals surface area contributed by atoms with Gasteiger partial charge in [0.1, 0.15) is 0 Å². The zero-order valence-corrected chi connectivity index (χ0v) is 17.6. The lowest BCUT2D eigenvalue weighted by molar-refractivity contribution is -0.384. The third-order valence-corrected chi connectivity index (χ3v) is 5.49. The molecule has 0 saturated carbocycles. The molecule has 1 N–H and O–H groups in total. The molecule has 0 atom stereocenters. The van der Waals surface area contributed by atoms with Crippen molar-refractivity contribution in [2.24, 2.45) is 0 Å². The molecule has 3 aromatic rings. The SMILES string of the molecule is O=C(Nc1ccc(S(=O)(=O)F)cc1)/C(=C\c1ccc([N+](=O)[O-])cc1)CCc1ccccc1. The molecule has 9 heteroatoms. The minimum absolute atomic E-state index is 0.0552. The highest BCUT2D eigenvalue weighted by atomic mass is 32.3. The zero-order valence-electron chi connectivity index (χ0n) is 16.8. The number of hydrogen-bond acceptors (Lipinski definition) is 5. The number of anilines is 1. The maximum absolute atomic E-state index is 13.1. The van der Waals surface area contributed by atoms with Crippen LogP contribution in [0.4, 0.5) is 15.3 Å². The van der Waals surface area contributed by atoms with Gasteiger partial charge >= 0.3 is 10.2 Å². The number of carbonyl (C=O) groups is 1. The van der Waals surface area contributed by atoms with Crippen molar-refractivity contribution in [2.45, 2.75) is 17.7 Å². The normalized spacial score (nSPS) is 11.7. The van der Waals surface area contributed by atoms with Gasteiger partial charge in [0.2, 0.25) is 0 Å². The smallest absolute Gasteiger partial charge is 0.322 e. The van der Waals surface area contributed by atoms with E-state index in [4.69, 9.17) is 0 Å². The number of amides is 1. The molecule has 0 aliphatic carbocycles. The summed E-state index contributed by atoms with van der Waals surface area (Å²) in [5, 5.41) is 13.5. The Morgan fingerprint density at radius 2 is 1.59 bits per heavy atom. The first-order valence-electron chi connectivity index (χ1n) is 9.57. The second-order valence-electron chi connectivity index (χ2n) is 6.92. The molecular weight excluding hydrogens is 435 g/mol. The standard InChI is InChI=1S/C23H19FN2O5S/c24-32(30,31)22-14-10-20(11-15-22)25-23(27)19(9-6-17-4-2-1-3-5-17)16-18-7-12-21(13-8-18)26(28)29/h1-5,7-8,10-16H,6,9H2,(H,25,27)/b19-16-. The van der Waals surface area contributed by atoms with Crippen LogP contribution in [-0.2, 0) is 21.4 Å². The van der Waals surface area contributed by atoms with Gasteiger partial charge in [-0.3, -0.25) is 14.9 Å². The lowest BCUT2D eigenvalue weighted by Gasteiger charge is -2.10. The Balaban J connectivity index is 1.83. The van der Waals surface area contributed by atoms with Gasteiger partial charge in [0, 0.05) is 23.4 Å². The summed E-state index contributed by atoms with van der Waals surface area (Å²) in [7, 11) is -4.83. The average Bonchev–Trinajstić information content (AvgIpc) is 2.77. The van der Waals surface area contributed by atoms with Gasteiger partial charge in [-0.25, -0.2) is 0 Å². The number of rotatable bonds is 8. The maximum Gasteiger partial charge on any atom is 0.332 e. The molecule has 3 aromatic carbocycles. The van der Waals surface area contributed by atoms with Crippen molar-refractivity contribution in [3.05, 3.63) is 106 Å². The summed E-state index contributed by atoms with van der Waals surface area (Å²) in [6, 6.07) is 20.1. The van der Waals surface area contributed by atoms with Gasteiger partial charge in [-0.05, 0) is 66.4 Å². The molecule has 0 aromatic heterocycles. The highest BCUT2D eigenvalue weighted by molar-refractivity contribution is 7.86. The highest BCUT2D eigenvalue weighted by Gasteiger charge is 2.14. The van der Waals surface area contributed by atoms with Crippen molar-refractivity contribution in [1.82, 2.24) is 0 Å². The van der Waals surface area contributed by atoms with E-state index in [-0.39, 0.29) is 5.69 Å². The minimum Gasteiger partial charge on any atom is -0.322 e. The van der Waals surface area contributed by atoms with E-state index in [9.17, 15) is 27.2 Å². The Kier molecular flexibility index (Phi) is 7.11. The Morgan fingerprint density at radius 1 is 0.969 bits per heavy atom. The van der Waals surface area contributed by atoms with Crippen LogP contribution in [0.25, 0.3) is 6.08 Å². The maximum atomic E-state index is 13.1. The number of nitro groups is 1. The van der Waals surface area contributed by atoms with Gasteiger partial charge < -0.3 is 5.32 Å². The molecule has 0 saturated heterocycles. The Morgan fingerprint density at radius 3 is 2.16 bits per heavy atom. The summed E-state index contributed by atoms with van der Waals surface area (Å²) in [6.45, 7) is 0. The van der Waals surface area contributed by atoms with Crippen LogP contribution in [-0.4, -0.2) is 19.2 Å². The van der Waals surface area contributed by atoms with E-state index in [2.05, 4.69) is 5.32 Å². The number of carbonyl (C=O) groups excluding carboxylic acids is 1. The van der Waals surface area contributed by atoms with Crippen molar-refractivity contribution in [3.8, 4) is 0 Å². The molecular formula is C23H19FN2O5S. The highest BCUT2D eigenvalue weighted by Crippen LogP contribution is 2.20. The van der Waals surface area contributed by atoms with Gasteiger partial charge in [-0.15, -0.1) is 3.89 Å². The summed E-state index contributed by atoms with van der Waals surface area (Å²) in [4.78, 5) is 22.8. The van der Waals surface area contributed by atoms with Crippen LogP contribution in [0.3, 0.4) is 0 Å². The largest absolute Gasteiger partial charge is 0.332 e. The third kappa shape index (κ3) is 6.32. The molecule has 0 aliphatic heterocycles. The van der Waals surface area contributed by atoms with Gasteiger partial charge in [0.25, 0.3) is 11.6 Å². The van der Waals surface area contributed by atoms with E-state index < -0.39 is 25.9 Å². The lowest BCUT2D eigenvalue weighted by Crippen LogP contribution is -2.15. The first-order chi connectivity index (χ1) is 15.2. The van der Waals surface area contributed by atoms with E-state index in [1.54, 1.807) is 18.2 Å². The molecule has 7 nitrogen and oxygen atoms in total. The molecule has 32 heavy (non-hydrogen) atoms. The fraction of sp³-hybridized carbons (Fsp3) is 0.0870. The van der Waals surface area contributed by atoms with Crippen molar-refractivity contribution >= 4 is 33.6 Å². The number of halogens is 1. The minimum atomic E-state index is -4.83. The topological polar surface area (TPSA) is 106 Å². The van der Waals surface area contributed by atoms with E-state index in [0.29, 0.717) is 29.7 Å². The van der Waals surface area contributed by atoms with Crippen LogP contribution < -0.4 is 5.32 Å². The predicted octanol–water partition coefficient (Wildman–Crippen LogP) is 4.91. The molecule has 164 valence electrons. The van der Waals surface area contributed by atoms with Crippen molar-refractivity contribution < 1.29 is 22.0 Å². The predicted molar refractivity (Wildman–Crippen MR) is 119 cm³/mol. The van der Waals surface area contributed by atoms with Gasteiger partial charge in [0.05, 0.1) is 9.82 Å². The van der Waals surface area contributed by atoms with Crippen molar-refractivity contribution in [3.63, 3.8) is 0 Å². The van der Waals surface area contributed by atoms with Crippen molar-refractivity contribution in [2.75, 3.05) is 5.32 Å². The molecule has 0 aliphatic rings. The molecule has 0 heterocycles. The lowest BCUT2D eigenvalue weighted by atomic mass is 10.0. The number of nitro benzene ring substituents is 1. The summed E-state index contributed by atoms with van der Waals surface area (Å²) in [5.41, 5.74) is 2.32. The summed E-state index contributed by atoms with van der Waals surface area (Å²) < 4.78 is 35.0. The number of nitrogens with one attached hydrogen (secondary N) is 1. The number of aryl methyl sites for hydroxylation is 1. The van der Waals surface area contributed by atoms with Crippen LogP contribution in [0.2, 0.25) is 0 Å². The van der Waals surface area contributed by atoms with E-state index >= 15 is 0 Å². The Hall–Kier alpha value is -3.85. The van der Waals surface area contributed by atoms with Crippen LogP contribution >= 0.6 is 0 Å². The second-order valence-corrected chi connectivity index (χ2v) is 8.27. The molecule has 0 unspecified atom stereocenters. The molecule has 0 fully saturated rings. The number of hydrogen-bond donors (Lipinski definition) is 1. The monoisotopic (exact) mass is 454 g/mol. The van der Waals surface area contributed by atoms with Crippen LogP contribution in [0.5, 0.6) is 0 Å². The second kappa shape index (κ2) is 9.97. The molecule has 0 radical (unpaired) electrons. The third-order valence-electron chi connectivity index (χ3n) is 4.66. The van der Waals surface area contributed by atoms with Crippen LogP contribution in [0.1, 0.15) is 17.5 Å². The quantitative estimate of drug-likeness (QED) is 0.225. The number of non-ortho nitro benzene ring substituents is 1. The fourth-order valence-electron chi connectivity index (χ4n) is 2.98. The average molecular weight is 454 g/mol. The van der Waals surface area contributed by atoms with E-state index in [1.165, 1.54) is 24.3 Å². The van der Waals surface area contributed by atoms with E-state index in [0.717, 1.165) is 17.7 Å². The number of benzene rings is 3. The van der Waals surface area contributed by atoms with Crippen LogP contribution in [0, 0.1) is 10.1 Å². The Bertz CT molecular complexity index is 1240. The van der Waals surface area contributed by atoms with E-state index in [1.807, 2.05) is 30.3 Å². The van der Waals surface area contributed by atoms with Crippen molar-refractivity contribution in [1.29, 1.82) is 0 Å². The molecule has 1 amide bonds. The summed E-state index contributed by atoms with van der Waals surface area (Å²) in [6.07, 6.45) is 2.62. The first kappa shape index (κ1) is 22.8. The number of nitrogens with zero attached hydrogens (tertiary/aromatic N) is 1. The first-order valence-corrected chi connectivity index (χ1v) is 11.0. The summed E-state index contributed by atoms with van der Waals surface area (Å²) in [5.74, 6) is -0.421. The van der Waals surface area contributed by atoms with Gasteiger partial charge in [0.15, 0.2) is 0 Å². The van der Waals surface area contributed by atoms with Crippen LogP contribution in [0.15, 0.2) is 89.3 Å². The molecule has 0 bridgehead atoms. The molecule has 3 rings (SSSR count). The van der Waals surface area contributed by atoms with Gasteiger partial charge in [-0.1, -0.05) is 30.3 Å². The van der Waals surface area contributed by atoms with Gasteiger partial charge in [-0.2, -0.15) is 8.42 Å². The Labute approximate surface area is 184 Å². The molecule has 0 spiro atoms. The fourth-order valence-corrected chi connectivity index (χ4v) is 3.44. The summed E-state index contributed by atoms with van der Waals surface area (Å²) >= 11 is 0.